The summed E-state index contributed by atoms with van der Waals surface area (Å²) in [5.41, 5.74) is 6.14. The molecule has 0 spiro atoms. The van der Waals surface area contributed by atoms with Gasteiger partial charge in [0.15, 0.2) is 0 Å². The quantitative estimate of drug-likeness (QED) is 0.811. The molecule has 0 saturated carbocycles. The number of rotatable bonds is 1. The van der Waals surface area contributed by atoms with Gasteiger partial charge < -0.3 is 4.57 Å². The third-order valence-electron chi connectivity index (χ3n) is 5.33. The van der Waals surface area contributed by atoms with Crippen LogP contribution in [0.15, 0.2) is 18.3 Å². The number of aryl methyl sites for hydroxylation is 1. The molecule has 3 heterocycles. The Kier molecular flexibility index (Phi) is 2.96. The minimum atomic E-state index is 0.0876. The van der Waals surface area contributed by atoms with Gasteiger partial charge in [-0.3, -0.25) is 9.69 Å². The number of amides is 1. The van der Waals surface area contributed by atoms with Crippen molar-refractivity contribution >= 4 is 11.7 Å². The monoisotopic (exact) mass is 309 g/mol. The van der Waals surface area contributed by atoms with Gasteiger partial charge in [0, 0.05) is 25.0 Å². The van der Waals surface area contributed by atoms with Gasteiger partial charge >= 0.3 is 0 Å². The number of anilines is 1. The van der Waals surface area contributed by atoms with Crippen LogP contribution in [0.4, 0.5) is 5.82 Å². The summed E-state index contributed by atoms with van der Waals surface area (Å²) in [5.74, 6) is 0.896. The summed E-state index contributed by atoms with van der Waals surface area (Å²) in [4.78, 5) is 19.3. The summed E-state index contributed by atoms with van der Waals surface area (Å²) >= 11 is 0. The second kappa shape index (κ2) is 4.70. The Morgan fingerprint density at radius 2 is 1.96 bits per heavy atom. The van der Waals surface area contributed by atoms with Crippen LogP contribution >= 0.6 is 0 Å². The van der Waals surface area contributed by atoms with Gasteiger partial charge in [0.05, 0.1) is 0 Å². The minimum Gasteiger partial charge on any atom is -0.339 e. The van der Waals surface area contributed by atoms with Crippen molar-refractivity contribution in [2.75, 3.05) is 11.4 Å². The van der Waals surface area contributed by atoms with Crippen molar-refractivity contribution in [3.05, 3.63) is 46.4 Å². The van der Waals surface area contributed by atoms with Gasteiger partial charge in [-0.1, -0.05) is 13.8 Å². The highest BCUT2D eigenvalue weighted by molar-refractivity contribution is 6.06. The molecule has 2 aliphatic rings. The van der Waals surface area contributed by atoms with E-state index in [4.69, 9.17) is 0 Å². The fourth-order valence-electron chi connectivity index (χ4n) is 4.00. The smallest absolute Gasteiger partial charge is 0.276 e. The van der Waals surface area contributed by atoms with Crippen molar-refractivity contribution in [2.45, 2.75) is 47.1 Å². The molecule has 0 aromatic carbocycles. The molecular weight excluding hydrogens is 286 g/mol. The van der Waals surface area contributed by atoms with Crippen molar-refractivity contribution in [3.8, 4) is 0 Å². The fourth-order valence-corrected chi connectivity index (χ4v) is 4.00. The number of pyridine rings is 1. The summed E-state index contributed by atoms with van der Waals surface area (Å²) in [6.07, 6.45) is 3.93. The predicted molar refractivity (Wildman–Crippen MR) is 91.0 cm³/mol. The van der Waals surface area contributed by atoms with E-state index < -0.39 is 0 Å². The largest absolute Gasteiger partial charge is 0.339 e. The second-order valence-corrected chi connectivity index (χ2v) is 7.70. The van der Waals surface area contributed by atoms with Crippen molar-refractivity contribution in [3.63, 3.8) is 0 Å². The predicted octanol–water partition coefficient (Wildman–Crippen LogP) is 3.29. The third kappa shape index (κ3) is 2.12. The number of hydrogen-bond acceptors (Lipinski definition) is 2. The van der Waals surface area contributed by atoms with E-state index in [1.54, 1.807) is 6.20 Å². The SMILES string of the molecule is Cc1ccnc(N2CCn3c(cc4c3CC(C)(C)C4)C2=O)c1C. The first-order chi connectivity index (χ1) is 10.9. The van der Waals surface area contributed by atoms with E-state index in [9.17, 15) is 4.79 Å². The van der Waals surface area contributed by atoms with Crippen LogP contribution in [0.1, 0.15) is 46.7 Å². The Morgan fingerprint density at radius 1 is 1.17 bits per heavy atom. The zero-order chi connectivity index (χ0) is 16.4. The fraction of sp³-hybridized carbons (Fsp3) is 0.474. The van der Waals surface area contributed by atoms with Gasteiger partial charge in [-0.25, -0.2) is 4.98 Å². The van der Waals surface area contributed by atoms with Gasteiger partial charge in [0.25, 0.3) is 5.91 Å². The lowest BCUT2D eigenvalue weighted by molar-refractivity contribution is 0.0963. The molecule has 23 heavy (non-hydrogen) atoms. The van der Waals surface area contributed by atoms with Gasteiger partial charge in [-0.15, -0.1) is 0 Å². The molecule has 4 rings (SSSR count). The lowest BCUT2D eigenvalue weighted by Crippen LogP contribution is -2.41. The summed E-state index contributed by atoms with van der Waals surface area (Å²) in [6.45, 7) is 10.3. The van der Waals surface area contributed by atoms with Crippen molar-refractivity contribution in [2.24, 2.45) is 5.41 Å². The number of carbonyl (C=O) groups excluding carboxylic acids is 1. The minimum absolute atomic E-state index is 0.0876. The van der Waals surface area contributed by atoms with Gasteiger partial charge in [-0.05, 0) is 60.9 Å². The van der Waals surface area contributed by atoms with E-state index >= 15 is 0 Å². The van der Waals surface area contributed by atoms with Crippen molar-refractivity contribution in [1.82, 2.24) is 9.55 Å². The van der Waals surface area contributed by atoms with Crippen LogP contribution in [-0.4, -0.2) is 22.0 Å². The lowest BCUT2D eigenvalue weighted by Gasteiger charge is -2.30. The maximum atomic E-state index is 13.0. The van der Waals surface area contributed by atoms with Crippen LogP contribution in [0.25, 0.3) is 0 Å². The highest BCUT2D eigenvalue weighted by atomic mass is 16.2. The molecule has 1 aliphatic heterocycles. The zero-order valence-corrected chi connectivity index (χ0v) is 14.3. The van der Waals surface area contributed by atoms with Crippen LogP contribution in [-0.2, 0) is 19.4 Å². The van der Waals surface area contributed by atoms with E-state index in [1.165, 1.54) is 16.8 Å². The highest BCUT2D eigenvalue weighted by Gasteiger charge is 2.37. The molecule has 1 aliphatic carbocycles. The summed E-state index contributed by atoms with van der Waals surface area (Å²) in [7, 11) is 0. The molecule has 0 N–H and O–H groups in total. The number of fused-ring (bicyclic) bond motifs is 3. The molecule has 4 heteroatoms. The van der Waals surface area contributed by atoms with Crippen LogP contribution in [0, 0.1) is 19.3 Å². The number of carbonyl (C=O) groups is 1. The standard InChI is InChI=1S/C19H23N3O/c1-12-5-6-20-17(13(12)2)22-8-7-21-15(18(22)23)9-14-10-19(3,4)11-16(14)21/h5-6,9H,7-8,10-11H2,1-4H3. The maximum absolute atomic E-state index is 13.0. The first-order valence-electron chi connectivity index (χ1n) is 8.33. The van der Waals surface area contributed by atoms with Gasteiger partial charge in [-0.2, -0.15) is 0 Å². The van der Waals surface area contributed by atoms with E-state index in [0.29, 0.717) is 12.0 Å². The molecule has 2 aromatic rings. The van der Waals surface area contributed by atoms with E-state index in [-0.39, 0.29) is 5.91 Å². The average molecular weight is 309 g/mol. The molecular formula is C19H23N3O. The van der Waals surface area contributed by atoms with Gasteiger partial charge in [0.2, 0.25) is 0 Å². The van der Waals surface area contributed by atoms with Crippen molar-refractivity contribution < 1.29 is 4.79 Å². The highest BCUT2D eigenvalue weighted by Crippen LogP contribution is 2.39. The molecule has 0 bridgehead atoms. The number of nitrogens with zero attached hydrogens (tertiary/aromatic N) is 3. The summed E-state index contributed by atoms with van der Waals surface area (Å²) < 4.78 is 2.24. The number of hydrogen-bond donors (Lipinski definition) is 0. The van der Waals surface area contributed by atoms with E-state index in [0.717, 1.165) is 36.5 Å². The Morgan fingerprint density at radius 3 is 2.74 bits per heavy atom. The molecule has 0 unspecified atom stereocenters. The van der Waals surface area contributed by atoms with Crippen molar-refractivity contribution in [1.29, 1.82) is 0 Å². The van der Waals surface area contributed by atoms with Crippen LogP contribution < -0.4 is 4.90 Å². The maximum Gasteiger partial charge on any atom is 0.276 e. The molecule has 2 aromatic heterocycles. The van der Waals surface area contributed by atoms with Crippen LogP contribution in [0.3, 0.4) is 0 Å². The molecule has 4 nitrogen and oxygen atoms in total. The zero-order valence-electron chi connectivity index (χ0n) is 14.3. The molecule has 0 saturated heterocycles. The molecule has 1 amide bonds. The Balaban J connectivity index is 1.73. The topological polar surface area (TPSA) is 38.1 Å². The number of aromatic nitrogens is 2. The lowest BCUT2D eigenvalue weighted by atomic mass is 9.90. The molecule has 0 fully saturated rings. The van der Waals surface area contributed by atoms with E-state index in [2.05, 4.69) is 36.4 Å². The summed E-state index contributed by atoms with van der Waals surface area (Å²) in [6, 6.07) is 4.11. The Bertz CT molecular complexity index is 816. The Hall–Kier alpha value is -2.10. The first kappa shape index (κ1) is 14.5. The first-order valence-corrected chi connectivity index (χ1v) is 8.33. The summed E-state index contributed by atoms with van der Waals surface area (Å²) in [5, 5.41) is 0. The molecule has 0 radical (unpaired) electrons. The second-order valence-electron chi connectivity index (χ2n) is 7.70. The molecule has 120 valence electrons. The van der Waals surface area contributed by atoms with Crippen LogP contribution in [0.5, 0.6) is 0 Å². The van der Waals surface area contributed by atoms with Gasteiger partial charge in [0.1, 0.15) is 11.5 Å². The van der Waals surface area contributed by atoms with Crippen LogP contribution in [0.2, 0.25) is 0 Å². The molecule has 0 atom stereocenters. The van der Waals surface area contributed by atoms with E-state index in [1.807, 2.05) is 17.9 Å². The Labute approximate surface area is 137 Å². The normalized spacial score (nSPS) is 19.0. The third-order valence-corrected chi connectivity index (χ3v) is 5.33. The average Bonchev–Trinajstić information content (AvgIpc) is 2.96.